The number of amides is 1. The number of hydrogen-bond donors (Lipinski definition) is 0. The van der Waals surface area contributed by atoms with Crippen molar-refractivity contribution in [2.75, 3.05) is 46.9 Å². The fraction of sp³-hybridized carbons (Fsp3) is 0.480. The van der Waals surface area contributed by atoms with Gasteiger partial charge in [0.05, 0.1) is 13.2 Å². The van der Waals surface area contributed by atoms with E-state index in [1.54, 1.807) is 7.11 Å². The molecule has 2 atom stereocenters. The molecule has 31 heavy (non-hydrogen) atoms. The summed E-state index contributed by atoms with van der Waals surface area (Å²) in [5.41, 5.74) is 2.41. The Morgan fingerprint density at radius 1 is 1.13 bits per heavy atom. The minimum Gasteiger partial charge on any atom is -0.497 e. The monoisotopic (exact) mass is 423 g/mol. The first-order valence-electron chi connectivity index (χ1n) is 11.1. The number of ether oxygens (including phenoxy) is 2. The Morgan fingerprint density at radius 2 is 1.94 bits per heavy atom. The number of hydrogen-bond acceptors (Lipinski definition) is 5. The first-order chi connectivity index (χ1) is 15.0. The number of likely N-dealkylation sites (N-methyl/N-ethyl adjacent to an activating group) is 1. The van der Waals surface area contributed by atoms with Crippen molar-refractivity contribution in [2.24, 2.45) is 0 Å². The second kappa shape index (κ2) is 9.71. The maximum atomic E-state index is 13.1. The normalized spacial score (nSPS) is 22.4. The Balaban J connectivity index is 1.36. The SMILES string of the molecule is COc1ccc2c(c1)OC(C)CN(CCC(=O)N1CCN(C)C(c3ccccc3)C1)C2. The molecule has 2 heterocycles. The van der Waals surface area contributed by atoms with Crippen LogP contribution in [0.5, 0.6) is 11.5 Å². The van der Waals surface area contributed by atoms with Gasteiger partial charge in [-0.1, -0.05) is 36.4 Å². The number of fused-ring (bicyclic) bond motifs is 1. The van der Waals surface area contributed by atoms with Gasteiger partial charge in [-0.3, -0.25) is 14.6 Å². The van der Waals surface area contributed by atoms with Crippen molar-refractivity contribution in [2.45, 2.75) is 32.0 Å². The molecule has 0 bridgehead atoms. The van der Waals surface area contributed by atoms with Crippen LogP contribution in [0, 0.1) is 0 Å². The molecule has 0 aliphatic carbocycles. The topological polar surface area (TPSA) is 45.3 Å². The van der Waals surface area contributed by atoms with Gasteiger partial charge in [0.25, 0.3) is 0 Å². The Bertz CT molecular complexity index is 889. The third-order valence-corrected chi connectivity index (χ3v) is 6.34. The van der Waals surface area contributed by atoms with Crippen molar-refractivity contribution in [1.29, 1.82) is 0 Å². The second-order valence-electron chi connectivity index (χ2n) is 8.63. The van der Waals surface area contributed by atoms with E-state index < -0.39 is 0 Å². The van der Waals surface area contributed by atoms with Gasteiger partial charge >= 0.3 is 0 Å². The zero-order valence-electron chi connectivity index (χ0n) is 18.8. The molecule has 0 radical (unpaired) electrons. The zero-order valence-corrected chi connectivity index (χ0v) is 18.8. The molecule has 6 nitrogen and oxygen atoms in total. The highest BCUT2D eigenvalue weighted by atomic mass is 16.5. The molecule has 2 aliphatic rings. The van der Waals surface area contributed by atoms with Gasteiger partial charge in [-0.15, -0.1) is 0 Å². The maximum absolute atomic E-state index is 13.1. The van der Waals surface area contributed by atoms with Crippen LogP contribution in [0.1, 0.15) is 30.5 Å². The van der Waals surface area contributed by atoms with Gasteiger partial charge in [0.15, 0.2) is 0 Å². The van der Waals surface area contributed by atoms with Gasteiger partial charge < -0.3 is 14.4 Å². The van der Waals surface area contributed by atoms with Crippen molar-refractivity contribution < 1.29 is 14.3 Å². The van der Waals surface area contributed by atoms with E-state index in [4.69, 9.17) is 9.47 Å². The summed E-state index contributed by atoms with van der Waals surface area (Å²) in [6.07, 6.45) is 0.596. The molecule has 0 aromatic heterocycles. The summed E-state index contributed by atoms with van der Waals surface area (Å²) in [5.74, 6) is 1.92. The molecule has 2 unspecified atom stereocenters. The Labute approximate surface area is 185 Å². The minimum atomic E-state index is 0.0644. The molecule has 1 amide bonds. The fourth-order valence-electron chi connectivity index (χ4n) is 4.54. The van der Waals surface area contributed by atoms with Gasteiger partial charge in [0.1, 0.15) is 17.6 Å². The van der Waals surface area contributed by atoms with Gasteiger partial charge in [-0.05, 0) is 25.6 Å². The Hall–Kier alpha value is -2.57. The van der Waals surface area contributed by atoms with E-state index in [-0.39, 0.29) is 18.1 Å². The predicted molar refractivity (Wildman–Crippen MR) is 121 cm³/mol. The zero-order chi connectivity index (χ0) is 21.8. The summed E-state index contributed by atoms with van der Waals surface area (Å²) in [5, 5.41) is 0. The number of carbonyl (C=O) groups is 1. The van der Waals surface area contributed by atoms with E-state index in [2.05, 4.69) is 54.1 Å². The molecular formula is C25H33N3O3. The van der Waals surface area contributed by atoms with E-state index in [0.29, 0.717) is 6.42 Å². The molecule has 0 spiro atoms. The second-order valence-corrected chi connectivity index (χ2v) is 8.63. The highest BCUT2D eigenvalue weighted by Crippen LogP contribution is 2.29. The van der Waals surface area contributed by atoms with E-state index in [1.165, 1.54) is 5.56 Å². The predicted octanol–water partition coefficient (Wildman–Crippen LogP) is 3.18. The summed E-state index contributed by atoms with van der Waals surface area (Å²) in [4.78, 5) is 19.8. The summed E-state index contributed by atoms with van der Waals surface area (Å²) in [6, 6.07) is 16.7. The quantitative estimate of drug-likeness (QED) is 0.739. The number of rotatable bonds is 5. The van der Waals surface area contributed by atoms with Crippen LogP contribution in [0.3, 0.4) is 0 Å². The van der Waals surface area contributed by atoms with Crippen LogP contribution in [0.4, 0.5) is 0 Å². The number of methoxy groups -OCH3 is 1. The van der Waals surface area contributed by atoms with Crippen molar-refractivity contribution >= 4 is 5.91 Å². The average Bonchev–Trinajstić information content (AvgIpc) is 2.95. The molecule has 2 aliphatic heterocycles. The summed E-state index contributed by atoms with van der Waals surface area (Å²) in [7, 11) is 3.81. The van der Waals surface area contributed by atoms with Crippen LogP contribution < -0.4 is 9.47 Å². The van der Waals surface area contributed by atoms with Crippen molar-refractivity contribution in [3.63, 3.8) is 0 Å². The van der Waals surface area contributed by atoms with Gasteiger partial charge in [0.2, 0.25) is 5.91 Å². The summed E-state index contributed by atoms with van der Waals surface area (Å²) >= 11 is 0. The van der Waals surface area contributed by atoms with Gasteiger partial charge in [-0.25, -0.2) is 0 Å². The first kappa shape index (κ1) is 21.7. The van der Waals surface area contributed by atoms with Crippen molar-refractivity contribution in [3.05, 3.63) is 59.7 Å². The lowest BCUT2D eigenvalue weighted by Crippen LogP contribution is -2.49. The van der Waals surface area contributed by atoms with Gasteiger partial charge in [-0.2, -0.15) is 0 Å². The van der Waals surface area contributed by atoms with Crippen molar-refractivity contribution in [1.82, 2.24) is 14.7 Å². The minimum absolute atomic E-state index is 0.0644. The van der Waals surface area contributed by atoms with Crippen LogP contribution in [-0.2, 0) is 11.3 Å². The number of carbonyl (C=O) groups excluding carboxylic acids is 1. The van der Waals surface area contributed by atoms with E-state index in [9.17, 15) is 4.79 Å². The van der Waals surface area contributed by atoms with Crippen LogP contribution >= 0.6 is 0 Å². The van der Waals surface area contributed by atoms with Crippen LogP contribution in [0.25, 0.3) is 0 Å². The van der Waals surface area contributed by atoms with Crippen LogP contribution in [-0.4, -0.2) is 73.6 Å². The summed E-state index contributed by atoms with van der Waals surface area (Å²) in [6.45, 7) is 6.85. The van der Waals surface area contributed by atoms with E-state index >= 15 is 0 Å². The molecular weight excluding hydrogens is 390 g/mol. The molecule has 0 saturated carbocycles. The van der Waals surface area contributed by atoms with Crippen LogP contribution in [0.2, 0.25) is 0 Å². The Kier molecular flexibility index (Phi) is 6.78. The van der Waals surface area contributed by atoms with Crippen LogP contribution in [0.15, 0.2) is 48.5 Å². The largest absolute Gasteiger partial charge is 0.497 e. The molecule has 2 aromatic rings. The average molecular weight is 424 g/mol. The first-order valence-corrected chi connectivity index (χ1v) is 11.1. The molecule has 6 heteroatoms. The summed E-state index contributed by atoms with van der Waals surface area (Å²) < 4.78 is 11.4. The third-order valence-electron chi connectivity index (χ3n) is 6.34. The van der Waals surface area contributed by atoms with Gasteiger partial charge in [0, 0.05) is 57.3 Å². The molecule has 166 valence electrons. The maximum Gasteiger partial charge on any atom is 0.223 e. The van der Waals surface area contributed by atoms with E-state index in [1.807, 2.05) is 23.1 Å². The standard InChI is InChI=1S/C25H33N3O3/c1-19-16-27(17-21-9-10-22(30-3)15-24(21)31-19)12-11-25(29)28-14-13-26(2)23(18-28)20-7-5-4-6-8-20/h4-10,15,19,23H,11-14,16-18H2,1-3H3. The highest BCUT2D eigenvalue weighted by molar-refractivity contribution is 5.76. The molecule has 0 N–H and O–H groups in total. The lowest BCUT2D eigenvalue weighted by molar-refractivity contribution is -0.134. The van der Waals surface area contributed by atoms with E-state index in [0.717, 1.165) is 56.3 Å². The number of benzene rings is 2. The highest BCUT2D eigenvalue weighted by Gasteiger charge is 2.29. The number of piperazine rings is 1. The molecule has 1 saturated heterocycles. The smallest absolute Gasteiger partial charge is 0.223 e. The lowest BCUT2D eigenvalue weighted by Gasteiger charge is -2.40. The molecule has 2 aromatic carbocycles. The third kappa shape index (κ3) is 5.20. The fourth-order valence-corrected chi connectivity index (χ4v) is 4.54. The number of nitrogens with zero attached hydrogens (tertiary/aromatic N) is 3. The molecule has 4 rings (SSSR count). The Morgan fingerprint density at radius 3 is 2.71 bits per heavy atom. The lowest BCUT2D eigenvalue weighted by atomic mass is 10.0. The molecule has 1 fully saturated rings. The van der Waals surface area contributed by atoms with Crippen molar-refractivity contribution in [3.8, 4) is 11.5 Å².